The lowest BCUT2D eigenvalue weighted by molar-refractivity contribution is 0.598. The van der Waals surface area contributed by atoms with Gasteiger partial charge >= 0.3 is 0 Å². The van der Waals surface area contributed by atoms with E-state index >= 15 is 0 Å². The molecule has 100 valence electrons. The zero-order chi connectivity index (χ0) is 13.8. The van der Waals surface area contributed by atoms with Crippen LogP contribution in [0.3, 0.4) is 0 Å². The van der Waals surface area contributed by atoms with Crippen LogP contribution in [0.5, 0.6) is 0 Å². The van der Waals surface area contributed by atoms with Gasteiger partial charge in [-0.2, -0.15) is 0 Å². The molecule has 0 N–H and O–H groups in total. The average molecular weight is 362 g/mol. The van der Waals surface area contributed by atoms with E-state index in [4.69, 9.17) is 23.2 Å². The van der Waals surface area contributed by atoms with Gasteiger partial charge in [0.1, 0.15) is 5.82 Å². The third kappa shape index (κ3) is 3.95. The maximum absolute atomic E-state index is 13.8. The monoisotopic (exact) mass is 360 g/mol. The normalized spacial score (nSPS) is 12.4. The Morgan fingerprint density at radius 3 is 2.37 bits per heavy atom. The van der Waals surface area contributed by atoms with Crippen LogP contribution in [0.2, 0.25) is 5.02 Å². The average Bonchev–Trinajstić information content (AvgIpc) is 2.39. The minimum Gasteiger partial charge on any atom is -0.207 e. The van der Waals surface area contributed by atoms with E-state index in [1.807, 2.05) is 24.3 Å². The minimum atomic E-state index is -0.278. The highest BCUT2D eigenvalue weighted by Gasteiger charge is 2.14. The van der Waals surface area contributed by atoms with E-state index in [0.717, 1.165) is 10.0 Å². The Morgan fingerprint density at radius 2 is 1.79 bits per heavy atom. The molecule has 0 bridgehead atoms. The molecule has 0 nitrogen and oxygen atoms in total. The molecule has 0 saturated heterocycles. The molecular formula is C15H12BrCl2F. The fourth-order valence-corrected chi connectivity index (χ4v) is 2.66. The Kier molecular flexibility index (Phi) is 5.26. The van der Waals surface area contributed by atoms with Crippen LogP contribution < -0.4 is 0 Å². The summed E-state index contributed by atoms with van der Waals surface area (Å²) < 4.78 is 14.8. The molecule has 0 radical (unpaired) electrons. The molecule has 0 aliphatic carbocycles. The third-order valence-corrected chi connectivity index (χ3v) is 4.15. The summed E-state index contributed by atoms with van der Waals surface area (Å²) in [4.78, 5) is 0. The molecule has 0 aromatic heterocycles. The van der Waals surface area contributed by atoms with E-state index in [2.05, 4.69) is 15.9 Å². The molecule has 0 saturated carbocycles. The van der Waals surface area contributed by atoms with E-state index in [-0.39, 0.29) is 11.7 Å². The van der Waals surface area contributed by atoms with Crippen LogP contribution >= 0.6 is 39.1 Å². The lowest BCUT2D eigenvalue weighted by atomic mass is 9.93. The smallest absolute Gasteiger partial charge is 0.127 e. The highest BCUT2D eigenvalue weighted by atomic mass is 79.9. The van der Waals surface area contributed by atoms with E-state index < -0.39 is 0 Å². The second kappa shape index (κ2) is 6.74. The largest absolute Gasteiger partial charge is 0.207 e. The Hall–Kier alpha value is -0.570. The first-order valence-electron chi connectivity index (χ1n) is 5.85. The van der Waals surface area contributed by atoms with E-state index in [0.29, 0.717) is 22.9 Å². The molecule has 0 aliphatic rings. The van der Waals surface area contributed by atoms with Gasteiger partial charge in [-0.25, -0.2) is 4.39 Å². The molecule has 1 unspecified atom stereocenters. The van der Waals surface area contributed by atoms with Gasteiger partial charge in [-0.3, -0.25) is 0 Å². The summed E-state index contributed by atoms with van der Waals surface area (Å²) in [6, 6.07) is 12.7. The van der Waals surface area contributed by atoms with Crippen molar-refractivity contribution in [2.24, 2.45) is 0 Å². The SMILES string of the molecule is Fc1cc(Cl)ccc1CC(CCl)c1ccc(Br)cc1. The Morgan fingerprint density at radius 1 is 1.11 bits per heavy atom. The zero-order valence-corrected chi connectivity index (χ0v) is 13.1. The van der Waals surface area contributed by atoms with Gasteiger partial charge in [0.25, 0.3) is 0 Å². The second-order valence-corrected chi connectivity index (χ2v) is 6.00. The van der Waals surface area contributed by atoms with Crippen molar-refractivity contribution in [3.05, 3.63) is 68.9 Å². The Balaban J connectivity index is 2.21. The summed E-state index contributed by atoms with van der Waals surface area (Å²) in [6.07, 6.45) is 0.564. The Bertz CT molecular complexity index is 555. The molecule has 0 aliphatic heterocycles. The van der Waals surface area contributed by atoms with Gasteiger partial charge in [0.2, 0.25) is 0 Å². The van der Waals surface area contributed by atoms with Crippen molar-refractivity contribution >= 4 is 39.1 Å². The maximum Gasteiger partial charge on any atom is 0.127 e. The van der Waals surface area contributed by atoms with Gasteiger partial charge in [0, 0.05) is 21.3 Å². The second-order valence-electron chi connectivity index (χ2n) is 4.34. The van der Waals surface area contributed by atoms with Crippen LogP contribution in [0.1, 0.15) is 17.0 Å². The molecule has 1 atom stereocenters. The summed E-state index contributed by atoms with van der Waals surface area (Å²) >= 11 is 15.2. The molecular weight excluding hydrogens is 350 g/mol. The first-order chi connectivity index (χ1) is 9.10. The summed E-state index contributed by atoms with van der Waals surface area (Å²) in [5.41, 5.74) is 1.74. The van der Waals surface area contributed by atoms with Gasteiger partial charge in [-0.05, 0) is 41.8 Å². The summed E-state index contributed by atoms with van der Waals surface area (Å²) in [6.45, 7) is 0. The van der Waals surface area contributed by atoms with Crippen LogP contribution in [0, 0.1) is 5.82 Å². The number of hydrogen-bond donors (Lipinski definition) is 0. The van der Waals surface area contributed by atoms with Crippen LogP contribution in [0.4, 0.5) is 4.39 Å². The van der Waals surface area contributed by atoms with Crippen molar-refractivity contribution in [2.45, 2.75) is 12.3 Å². The number of rotatable bonds is 4. The third-order valence-electron chi connectivity index (χ3n) is 3.01. The fraction of sp³-hybridized carbons (Fsp3) is 0.200. The molecule has 0 heterocycles. The summed E-state index contributed by atoms with van der Waals surface area (Å²) in [5, 5.41) is 0.410. The van der Waals surface area contributed by atoms with Crippen LogP contribution in [0.25, 0.3) is 0 Å². The van der Waals surface area contributed by atoms with E-state index in [1.54, 1.807) is 12.1 Å². The lowest BCUT2D eigenvalue weighted by Gasteiger charge is -2.15. The fourth-order valence-electron chi connectivity index (χ4n) is 1.95. The minimum absolute atomic E-state index is 0.0884. The first-order valence-corrected chi connectivity index (χ1v) is 7.56. The van der Waals surface area contributed by atoms with E-state index in [1.165, 1.54) is 6.07 Å². The Labute approximate surface area is 130 Å². The predicted molar refractivity (Wildman–Crippen MR) is 82.7 cm³/mol. The first kappa shape index (κ1) is 14.8. The summed E-state index contributed by atoms with van der Waals surface area (Å²) in [7, 11) is 0. The predicted octanol–water partition coefficient (Wildman–Crippen LogP) is 5.81. The van der Waals surface area contributed by atoms with Crippen molar-refractivity contribution < 1.29 is 4.39 Å². The van der Waals surface area contributed by atoms with Gasteiger partial charge in [-0.15, -0.1) is 11.6 Å². The molecule has 0 fully saturated rings. The van der Waals surface area contributed by atoms with Crippen LogP contribution in [0.15, 0.2) is 46.9 Å². The standard InChI is InChI=1S/C15H12BrCl2F/c16-13-4-1-10(2-5-13)12(9-17)7-11-3-6-14(18)8-15(11)19/h1-6,8,12H,7,9H2. The molecule has 4 heteroatoms. The van der Waals surface area contributed by atoms with Crippen molar-refractivity contribution in [1.82, 2.24) is 0 Å². The zero-order valence-electron chi connectivity index (χ0n) is 10.0. The lowest BCUT2D eigenvalue weighted by Crippen LogP contribution is -2.06. The molecule has 2 aromatic rings. The van der Waals surface area contributed by atoms with Gasteiger partial charge in [-0.1, -0.05) is 45.7 Å². The van der Waals surface area contributed by atoms with Crippen molar-refractivity contribution in [1.29, 1.82) is 0 Å². The summed E-state index contributed by atoms with van der Waals surface area (Å²) in [5.74, 6) is 0.258. The number of benzene rings is 2. The van der Waals surface area contributed by atoms with E-state index in [9.17, 15) is 4.39 Å². The highest BCUT2D eigenvalue weighted by molar-refractivity contribution is 9.10. The molecule has 2 rings (SSSR count). The van der Waals surface area contributed by atoms with Gasteiger partial charge < -0.3 is 0 Å². The van der Waals surface area contributed by atoms with Crippen molar-refractivity contribution in [3.8, 4) is 0 Å². The van der Waals surface area contributed by atoms with Crippen LogP contribution in [-0.2, 0) is 6.42 Å². The number of hydrogen-bond acceptors (Lipinski definition) is 0. The molecule has 2 aromatic carbocycles. The van der Waals surface area contributed by atoms with Crippen molar-refractivity contribution in [3.63, 3.8) is 0 Å². The van der Waals surface area contributed by atoms with Crippen LogP contribution in [-0.4, -0.2) is 5.88 Å². The molecule has 0 spiro atoms. The van der Waals surface area contributed by atoms with Gasteiger partial charge in [0.05, 0.1) is 0 Å². The number of halogens is 4. The van der Waals surface area contributed by atoms with Gasteiger partial charge in [0.15, 0.2) is 0 Å². The number of alkyl halides is 1. The molecule has 0 amide bonds. The topological polar surface area (TPSA) is 0 Å². The van der Waals surface area contributed by atoms with Crippen molar-refractivity contribution in [2.75, 3.05) is 5.88 Å². The highest BCUT2D eigenvalue weighted by Crippen LogP contribution is 2.26. The maximum atomic E-state index is 13.8. The molecule has 19 heavy (non-hydrogen) atoms. The quantitative estimate of drug-likeness (QED) is 0.603.